The van der Waals surface area contributed by atoms with E-state index in [0.717, 1.165) is 17.7 Å². The third-order valence-corrected chi connectivity index (χ3v) is 1.71. The molecule has 72 valence electrons. The lowest BCUT2D eigenvalue weighted by molar-refractivity contribution is -0.137. The molecule has 0 spiro atoms. The molecule has 0 fully saturated rings. The Bertz CT molecular complexity index is 263. The maximum atomic E-state index is 12.1. The van der Waals surface area contributed by atoms with Gasteiger partial charge in [0, 0.05) is 0 Å². The first-order chi connectivity index (χ1) is 6.04. The van der Waals surface area contributed by atoms with E-state index in [-0.39, 0.29) is 0 Å². The molecule has 0 aromatic heterocycles. The number of hydrogen-bond donors (Lipinski definition) is 1. The van der Waals surface area contributed by atoms with Crippen molar-refractivity contribution in [3.63, 3.8) is 0 Å². The van der Waals surface area contributed by atoms with Crippen LogP contribution in [0.25, 0.3) is 0 Å². The Hall–Kier alpha value is -1.03. The van der Waals surface area contributed by atoms with E-state index in [1.165, 1.54) is 12.1 Å². The first-order valence-corrected chi connectivity index (χ1v) is 3.90. The average molecular weight is 189 g/mol. The number of rotatable bonds is 2. The highest BCUT2D eigenvalue weighted by Gasteiger charge is 2.29. The zero-order chi connectivity index (χ0) is 9.90. The van der Waals surface area contributed by atoms with Crippen molar-refractivity contribution in [2.75, 3.05) is 6.54 Å². The molecule has 0 atom stereocenters. The van der Waals surface area contributed by atoms with Crippen LogP contribution in [0.5, 0.6) is 0 Å². The molecule has 0 bridgehead atoms. The molecule has 0 heterocycles. The highest BCUT2D eigenvalue weighted by molar-refractivity contribution is 5.24. The zero-order valence-electron chi connectivity index (χ0n) is 6.93. The molecule has 0 unspecified atom stereocenters. The summed E-state index contributed by atoms with van der Waals surface area (Å²) < 4.78 is 36.2. The Morgan fingerprint density at radius 2 is 1.62 bits per heavy atom. The third kappa shape index (κ3) is 2.73. The van der Waals surface area contributed by atoms with Gasteiger partial charge in [-0.05, 0) is 30.7 Å². The van der Waals surface area contributed by atoms with E-state index in [1.54, 1.807) is 0 Å². The molecule has 0 aliphatic carbocycles. The summed E-state index contributed by atoms with van der Waals surface area (Å²) in [6, 6.07) is 5.06. The van der Waals surface area contributed by atoms with Gasteiger partial charge in [0.05, 0.1) is 5.56 Å². The SMILES string of the molecule is NCCc1ccc(C(F)(F)F)cc1. The summed E-state index contributed by atoms with van der Waals surface area (Å²) in [4.78, 5) is 0. The van der Waals surface area contributed by atoms with Crippen molar-refractivity contribution < 1.29 is 13.2 Å². The predicted molar refractivity (Wildman–Crippen MR) is 44.2 cm³/mol. The van der Waals surface area contributed by atoms with Gasteiger partial charge in [0.25, 0.3) is 0 Å². The van der Waals surface area contributed by atoms with E-state index in [0.29, 0.717) is 13.0 Å². The molecule has 13 heavy (non-hydrogen) atoms. The van der Waals surface area contributed by atoms with Gasteiger partial charge >= 0.3 is 6.18 Å². The number of hydrogen-bond acceptors (Lipinski definition) is 1. The molecule has 1 aromatic carbocycles. The van der Waals surface area contributed by atoms with Gasteiger partial charge in [-0.3, -0.25) is 0 Å². The normalized spacial score (nSPS) is 11.7. The number of nitrogens with two attached hydrogens (primary N) is 1. The van der Waals surface area contributed by atoms with Crippen molar-refractivity contribution >= 4 is 0 Å². The van der Waals surface area contributed by atoms with Crippen molar-refractivity contribution in [3.8, 4) is 0 Å². The molecule has 1 aromatic rings. The summed E-state index contributed by atoms with van der Waals surface area (Å²) in [5, 5.41) is 0. The number of alkyl halides is 3. The highest BCUT2D eigenvalue weighted by Crippen LogP contribution is 2.28. The van der Waals surface area contributed by atoms with Crippen LogP contribution in [-0.4, -0.2) is 6.54 Å². The maximum Gasteiger partial charge on any atom is 0.416 e. The minimum atomic E-state index is -4.25. The lowest BCUT2D eigenvalue weighted by Gasteiger charge is -2.06. The second-order valence-electron chi connectivity index (χ2n) is 2.73. The first-order valence-electron chi connectivity index (χ1n) is 3.90. The smallest absolute Gasteiger partial charge is 0.330 e. The van der Waals surface area contributed by atoms with Crippen LogP contribution in [0.4, 0.5) is 13.2 Å². The van der Waals surface area contributed by atoms with Gasteiger partial charge in [0.15, 0.2) is 0 Å². The van der Waals surface area contributed by atoms with E-state index >= 15 is 0 Å². The zero-order valence-corrected chi connectivity index (χ0v) is 6.93. The topological polar surface area (TPSA) is 26.0 Å². The Kier molecular flexibility index (Phi) is 2.93. The molecule has 0 amide bonds. The quantitative estimate of drug-likeness (QED) is 0.758. The summed E-state index contributed by atoms with van der Waals surface area (Å²) in [5.41, 5.74) is 5.47. The lowest BCUT2D eigenvalue weighted by atomic mass is 10.1. The van der Waals surface area contributed by atoms with Gasteiger partial charge in [-0.15, -0.1) is 0 Å². The van der Waals surface area contributed by atoms with E-state index in [4.69, 9.17) is 5.73 Å². The minimum Gasteiger partial charge on any atom is -0.330 e. The molecule has 0 saturated carbocycles. The molecule has 0 aliphatic rings. The van der Waals surface area contributed by atoms with Crippen molar-refractivity contribution in [3.05, 3.63) is 35.4 Å². The van der Waals surface area contributed by atoms with Crippen LogP contribution >= 0.6 is 0 Å². The van der Waals surface area contributed by atoms with Crippen LogP contribution < -0.4 is 5.73 Å². The van der Waals surface area contributed by atoms with E-state index in [2.05, 4.69) is 0 Å². The molecule has 0 radical (unpaired) electrons. The Balaban J connectivity index is 2.81. The summed E-state index contributed by atoms with van der Waals surface area (Å²) in [6.07, 6.45) is -3.64. The van der Waals surface area contributed by atoms with Crippen LogP contribution in [0, 0.1) is 0 Å². The van der Waals surface area contributed by atoms with Crippen LogP contribution in [0.1, 0.15) is 11.1 Å². The van der Waals surface area contributed by atoms with Gasteiger partial charge in [-0.25, -0.2) is 0 Å². The van der Waals surface area contributed by atoms with Gasteiger partial charge in [0.2, 0.25) is 0 Å². The van der Waals surface area contributed by atoms with Gasteiger partial charge in [-0.1, -0.05) is 12.1 Å². The third-order valence-electron chi connectivity index (χ3n) is 1.71. The van der Waals surface area contributed by atoms with Crippen molar-refractivity contribution in [2.45, 2.75) is 12.6 Å². The molecule has 4 heteroatoms. The summed E-state index contributed by atoms with van der Waals surface area (Å²) >= 11 is 0. The molecule has 2 N–H and O–H groups in total. The second kappa shape index (κ2) is 3.79. The molecule has 0 saturated heterocycles. The van der Waals surface area contributed by atoms with Crippen LogP contribution in [0.15, 0.2) is 24.3 Å². The fourth-order valence-corrected chi connectivity index (χ4v) is 1.03. The molecule has 0 aliphatic heterocycles. The number of benzene rings is 1. The second-order valence-corrected chi connectivity index (χ2v) is 2.73. The van der Waals surface area contributed by atoms with E-state index in [1.807, 2.05) is 0 Å². The first kappa shape index (κ1) is 10.1. The van der Waals surface area contributed by atoms with Crippen molar-refractivity contribution in [2.24, 2.45) is 5.73 Å². The molecule has 1 nitrogen and oxygen atoms in total. The Morgan fingerprint density at radius 1 is 1.08 bits per heavy atom. The number of halogens is 3. The van der Waals surface area contributed by atoms with E-state index < -0.39 is 11.7 Å². The molecular formula is C9H10F3N. The fourth-order valence-electron chi connectivity index (χ4n) is 1.03. The standard InChI is InChI=1S/C9H10F3N/c10-9(11,12)8-3-1-7(2-4-8)5-6-13/h1-4H,5-6,13H2. The Morgan fingerprint density at radius 3 is 2.00 bits per heavy atom. The average Bonchev–Trinajstić information content (AvgIpc) is 2.04. The van der Waals surface area contributed by atoms with Crippen LogP contribution in [0.2, 0.25) is 0 Å². The van der Waals surface area contributed by atoms with Crippen molar-refractivity contribution in [1.29, 1.82) is 0 Å². The fraction of sp³-hybridized carbons (Fsp3) is 0.333. The maximum absolute atomic E-state index is 12.1. The van der Waals surface area contributed by atoms with Crippen LogP contribution in [-0.2, 0) is 12.6 Å². The highest BCUT2D eigenvalue weighted by atomic mass is 19.4. The summed E-state index contributed by atoms with van der Waals surface area (Å²) in [6.45, 7) is 0.450. The van der Waals surface area contributed by atoms with Gasteiger partial charge < -0.3 is 5.73 Å². The summed E-state index contributed by atoms with van der Waals surface area (Å²) in [5.74, 6) is 0. The van der Waals surface area contributed by atoms with Gasteiger partial charge in [-0.2, -0.15) is 13.2 Å². The monoisotopic (exact) mass is 189 g/mol. The lowest BCUT2D eigenvalue weighted by Crippen LogP contribution is -2.06. The summed E-state index contributed by atoms with van der Waals surface area (Å²) in [7, 11) is 0. The largest absolute Gasteiger partial charge is 0.416 e. The van der Waals surface area contributed by atoms with E-state index in [9.17, 15) is 13.2 Å². The van der Waals surface area contributed by atoms with Gasteiger partial charge in [0.1, 0.15) is 0 Å². The minimum absolute atomic E-state index is 0.450. The Labute approximate surface area is 74.4 Å². The molecule has 1 rings (SSSR count). The molecular weight excluding hydrogens is 179 g/mol. The predicted octanol–water partition coefficient (Wildman–Crippen LogP) is 2.21. The van der Waals surface area contributed by atoms with Crippen molar-refractivity contribution in [1.82, 2.24) is 0 Å². The van der Waals surface area contributed by atoms with Crippen LogP contribution in [0.3, 0.4) is 0 Å².